The molecule has 4 nitrogen and oxygen atoms in total. The maximum absolute atomic E-state index is 12.4. The Kier molecular flexibility index (Phi) is 7.34. The summed E-state index contributed by atoms with van der Waals surface area (Å²) >= 11 is 2.01. The number of nitrogens with zero attached hydrogens (tertiary/aromatic N) is 1. The monoisotopic (exact) mass is 369 g/mol. The molecule has 2 aliphatic heterocycles. The molecule has 7 heteroatoms. The van der Waals surface area contributed by atoms with Gasteiger partial charge in [-0.1, -0.05) is 0 Å². The van der Waals surface area contributed by atoms with E-state index in [9.17, 15) is 4.79 Å². The van der Waals surface area contributed by atoms with E-state index in [0.717, 1.165) is 31.8 Å². The van der Waals surface area contributed by atoms with Crippen LogP contribution in [0.25, 0.3) is 0 Å². The fraction of sp³-hybridized carbons (Fsp3) is 0.933. The number of carbonyl (C=O) groups excluding carboxylic acids is 1. The summed E-state index contributed by atoms with van der Waals surface area (Å²) in [5.41, 5.74) is 0.529. The zero-order valence-corrected chi connectivity index (χ0v) is 16.0. The van der Waals surface area contributed by atoms with Gasteiger partial charge in [-0.3, -0.25) is 4.79 Å². The third-order valence-corrected chi connectivity index (χ3v) is 6.96. The second-order valence-corrected chi connectivity index (χ2v) is 8.11. The van der Waals surface area contributed by atoms with Gasteiger partial charge in [0.15, 0.2) is 0 Å². The summed E-state index contributed by atoms with van der Waals surface area (Å²) in [4.78, 5) is 14.7. The molecular weight excluding hydrogens is 341 g/mol. The number of nitrogens with one attached hydrogen (secondary N) is 2. The maximum Gasteiger partial charge on any atom is 0.223 e. The van der Waals surface area contributed by atoms with E-state index in [-0.39, 0.29) is 36.3 Å². The third kappa shape index (κ3) is 3.86. The summed E-state index contributed by atoms with van der Waals surface area (Å²) in [7, 11) is 4.28. The van der Waals surface area contributed by atoms with E-state index in [1.165, 1.54) is 25.0 Å². The highest BCUT2D eigenvalue weighted by molar-refractivity contribution is 7.99. The lowest BCUT2D eigenvalue weighted by Crippen LogP contribution is -2.53. The Balaban J connectivity index is 0.00000121. The number of hydrogen-bond donors (Lipinski definition) is 2. The second kappa shape index (κ2) is 7.93. The molecule has 0 radical (unpaired) electrons. The van der Waals surface area contributed by atoms with Crippen LogP contribution >= 0.6 is 36.6 Å². The number of piperidine rings is 1. The van der Waals surface area contributed by atoms with E-state index >= 15 is 0 Å². The van der Waals surface area contributed by atoms with Crippen molar-refractivity contribution in [2.75, 3.05) is 45.2 Å². The molecule has 3 fully saturated rings. The second-order valence-electron chi connectivity index (χ2n) is 7.01. The Labute approximate surface area is 150 Å². The van der Waals surface area contributed by atoms with Crippen LogP contribution in [0.4, 0.5) is 0 Å². The lowest BCUT2D eigenvalue weighted by Gasteiger charge is -2.36. The van der Waals surface area contributed by atoms with Crippen molar-refractivity contribution < 1.29 is 4.79 Å². The molecule has 1 spiro atoms. The van der Waals surface area contributed by atoms with Crippen LogP contribution in [0.2, 0.25) is 0 Å². The number of rotatable bonds is 4. The summed E-state index contributed by atoms with van der Waals surface area (Å²) in [6, 6.07) is 0. The van der Waals surface area contributed by atoms with Crippen molar-refractivity contribution in [3.63, 3.8) is 0 Å². The summed E-state index contributed by atoms with van der Waals surface area (Å²) in [5.74, 6) is 2.95. The van der Waals surface area contributed by atoms with Crippen LogP contribution in [0.1, 0.15) is 25.7 Å². The smallest absolute Gasteiger partial charge is 0.223 e. The fourth-order valence-electron chi connectivity index (χ4n) is 3.82. The van der Waals surface area contributed by atoms with Gasteiger partial charge >= 0.3 is 0 Å². The van der Waals surface area contributed by atoms with E-state index in [4.69, 9.17) is 0 Å². The van der Waals surface area contributed by atoms with Crippen LogP contribution in [0, 0.1) is 11.3 Å². The van der Waals surface area contributed by atoms with Crippen LogP contribution in [0.3, 0.4) is 0 Å². The molecule has 2 N–H and O–H groups in total. The summed E-state index contributed by atoms with van der Waals surface area (Å²) in [5, 5.41) is 6.66. The average molecular weight is 370 g/mol. The number of likely N-dealkylation sites (N-methyl/N-ethyl adjacent to an activating group) is 1. The van der Waals surface area contributed by atoms with Gasteiger partial charge in [-0.15, -0.1) is 24.8 Å². The molecule has 2 saturated heterocycles. The topological polar surface area (TPSA) is 44.4 Å². The van der Waals surface area contributed by atoms with E-state index in [1.807, 2.05) is 11.8 Å². The molecule has 1 amide bonds. The van der Waals surface area contributed by atoms with Crippen molar-refractivity contribution in [2.45, 2.75) is 31.2 Å². The molecule has 22 heavy (non-hydrogen) atoms. The van der Waals surface area contributed by atoms with Crippen molar-refractivity contribution >= 4 is 42.5 Å². The summed E-state index contributed by atoms with van der Waals surface area (Å²) in [6.07, 6.45) is 4.66. The quantitative estimate of drug-likeness (QED) is 0.792. The van der Waals surface area contributed by atoms with Crippen LogP contribution in [0.5, 0.6) is 0 Å². The lowest BCUT2D eigenvalue weighted by atomic mass is 9.91. The predicted octanol–water partition coefficient (Wildman–Crippen LogP) is 1.77. The van der Waals surface area contributed by atoms with Crippen molar-refractivity contribution in [2.24, 2.45) is 11.3 Å². The highest BCUT2D eigenvalue weighted by Crippen LogP contribution is 2.58. The third-order valence-electron chi connectivity index (χ3n) is 5.73. The van der Waals surface area contributed by atoms with Gasteiger partial charge in [0, 0.05) is 23.8 Å². The zero-order valence-electron chi connectivity index (χ0n) is 13.5. The van der Waals surface area contributed by atoms with Gasteiger partial charge in [0.25, 0.3) is 0 Å². The Bertz CT molecular complexity index is 383. The predicted molar refractivity (Wildman–Crippen MR) is 98.5 cm³/mol. The molecule has 3 aliphatic rings. The highest BCUT2D eigenvalue weighted by Gasteiger charge is 2.57. The first-order valence-corrected chi connectivity index (χ1v) is 8.97. The van der Waals surface area contributed by atoms with Crippen LogP contribution in [0.15, 0.2) is 0 Å². The SMILES string of the molecule is CN(C)C1(CNC(=O)C2CC23CCNCC3)CCSC1.Cl.Cl. The fourth-order valence-corrected chi connectivity index (χ4v) is 5.37. The number of thioether (sulfide) groups is 1. The average Bonchev–Trinajstić information content (AvgIpc) is 2.92. The molecule has 2 heterocycles. The van der Waals surface area contributed by atoms with Gasteiger partial charge in [0.1, 0.15) is 0 Å². The minimum absolute atomic E-state index is 0. The molecule has 0 bridgehead atoms. The van der Waals surface area contributed by atoms with Gasteiger partial charge in [-0.2, -0.15) is 11.8 Å². The normalized spacial score (nSPS) is 32.2. The van der Waals surface area contributed by atoms with E-state index in [1.54, 1.807) is 0 Å². The highest BCUT2D eigenvalue weighted by atomic mass is 35.5. The number of amides is 1. The molecular formula is C15H29Cl2N3OS. The summed E-state index contributed by atoms with van der Waals surface area (Å²) in [6.45, 7) is 2.99. The molecule has 130 valence electrons. The lowest BCUT2D eigenvalue weighted by molar-refractivity contribution is -0.123. The van der Waals surface area contributed by atoms with E-state index in [2.05, 4.69) is 29.6 Å². The van der Waals surface area contributed by atoms with Crippen molar-refractivity contribution in [3.05, 3.63) is 0 Å². The Morgan fingerprint density at radius 2 is 1.95 bits per heavy atom. The molecule has 0 aromatic heterocycles. The Hall–Kier alpha value is 0.320. The first-order valence-electron chi connectivity index (χ1n) is 7.82. The van der Waals surface area contributed by atoms with Crippen molar-refractivity contribution in [1.29, 1.82) is 0 Å². The number of carbonyl (C=O) groups is 1. The first-order chi connectivity index (χ1) is 9.58. The molecule has 0 aromatic rings. The molecule has 0 aromatic carbocycles. The first kappa shape index (κ1) is 20.4. The summed E-state index contributed by atoms with van der Waals surface area (Å²) < 4.78 is 0. The standard InChI is InChI=1S/C15H27N3OS.2ClH/c1-18(2)15(5-8-20-11-15)10-17-13(19)12-9-14(12)3-6-16-7-4-14;;/h12,16H,3-11H2,1-2H3,(H,17,19);2*1H. The molecule has 1 aliphatic carbocycles. The molecule has 1 saturated carbocycles. The molecule has 2 unspecified atom stereocenters. The Morgan fingerprint density at radius 3 is 2.50 bits per heavy atom. The minimum atomic E-state index is 0. The van der Waals surface area contributed by atoms with Gasteiger partial charge in [0.05, 0.1) is 0 Å². The van der Waals surface area contributed by atoms with Gasteiger partial charge < -0.3 is 15.5 Å². The maximum atomic E-state index is 12.4. The van der Waals surface area contributed by atoms with Crippen molar-refractivity contribution in [3.8, 4) is 0 Å². The molecule has 2 atom stereocenters. The van der Waals surface area contributed by atoms with Gasteiger partial charge in [-0.25, -0.2) is 0 Å². The van der Waals surface area contributed by atoms with E-state index in [0.29, 0.717) is 11.3 Å². The minimum Gasteiger partial charge on any atom is -0.354 e. The van der Waals surface area contributed by atoms with Gasteiger partial charge in [-0.05, 0) is 64.0 Å². The largest absolute Gasteiger partial charge is 0.354 e. The molecule has 3 rings (SSSR count). The van der Waals surface area contributed by atoms with Crippen LogP contribution < -0.4 is 10.6 Å². The van der Waals surface area contributed by atoms with Crippen LogP contribution in [-0.2, 0) is 4.79 Å². The van der Waals surface area contributed by atoms with Crippen molar-refractivity contribution in [1.82, 2.24) is 15.5 Å². The van der Waals surface area contributed by atoms with Gasteiger partial charge in [0.2, 0.25) is 5.91 Å². The Morgan fingerprint density at radius 1 is 1.27 bits per heavy atom. The number of hydrogen-bond acceptors (Lipinski definition) is 4. The zero-order chi connectivity index (χ0) is 14.2. The van der Waals surface area contributed by atoms with Crippen LogP contribution in [-0.4, -0.2) is 61.6 Å². The van der Waals surface area contributed by atoms with E-state index < -0.39 is 0 Å². The number of halogens is 2.